The number of ether oxygens (including phenoxy) is 1. The SMILES string of the molecule is C=C(C)Cc1cc(C(C)C)cc(CC(=C)C)c1OC. The van der Waals surface area contributed by atoms with Gasteiger partial charge in [-0.2, -0.15) is 0 Å². The van der Waals surface area contributed by atoms with E-state index >= 15 is 0 Å². The normalized spacial score (nSPS) is 10.6. The summed E-state index contributed by atoms with van der Waals surface area (Å²) in [6.45, 7) is 16.6. The lowest BCUT2D eigenvalue weighted by Crippen LogP contribution is -2.02. The molecule has 1 heteroatoms. The molecule has 19 heavy (non-hydrogen) atoms. The molecule has 0 fully saturated rings. The molecule has 0 spiro atoms. The van der Waals surface area contributed by atoms with Crippen molar-refractivity contribution in [1.82, 2.24) is 0 Å². The van der Waals surface area contributed by atoms with Crippen LogP contribution in [0.3, 0.4) is 0 Å². The van der Waals surface area contributed by atoms with E-state index in [2.05, 4.69) is 53.0 Å². The molecule has 1 nitrogen and oxygen atoms in total. The van der Waals surface area contributed by atoms with Crippen LogP contribution in [0.1, 0.15) is 50.3 Å². The van der Waals surface area contributed by atoms with Gasteiger partial charge < -0.3 is 4.74 Å². The van der Waals surface area contributed by atoms with Crippen LogP contribution < -0.4 is 4.74 Å². The predicted molar refractivity (Wildman–Crippen MR) is 84.1 cm³/mol. The van der Waals surface area contributed by atoms with Gasteiger partial charge in [0.25, 0.3) is 0 Å². The van der Waals surface area contributed by atoms with E-state index in [9.17, 15) is 0 Å². The van der Waals surface area contributed by atoms with E-state index < -0.39 is 0 Å². The first-order valence-corrected chi connectivity index (χ1v) is 6.83. The zero-order chi connectivity index (χ0) is 14.6. The van der Waals surface area contributed by atoms with Gasteiger partial charge in [0.2, 0.25) is 0 Å². The standard InChI is InChI=1S/C18H26O/c1-12(2)8-16-10-15(14(5)6)11-17(9-13(3)4)18(16)19-7/h10-11,14H,1,3,8-9H2,2,4-7H3. The summed E-state index contributed by atoms with van der Waals surface area (Å²) in [5.41, 5.74) is 6.13. The molecular formula is C18H26O. The number of hydrogen-bond acceptors (Lipinski definition) is 1. The smallest absolute Gasteiger partial charge is 0.125 e. The molecule has 1 aromatic carbocycles. The molecule has 0 amide bonds. The van der Waals surface area contributed by atoms with E-state index in [0.29, 0.717) is 5.92 Å². The minimum atomic E-state index is 0.513. The molecule has 0 aliphatic rings. The molecule has 0 aliphatic carbocycles. The second-order valence-electron chi connectivity index (χ2n) is 5.79. The van der Waals surface area contributed by atoms with Crippen LogP contribution in [-0.4, -0.2) is 7.11 Å². The van der Waals surface area contributed by atoms with Crippen molar-refractivity contribution in [2.45, 2.75) is 46.5 Å². The van der Waals surface area contributed by atoms with Crippen molar-refractivity contribution < 1.29 is 4.74 Å². The second-order valence-corrected chi connectivity index (χ2v) is 5.79. The Morgan fingerprint density at radius 1 is 1.05 bits per heavy atom. The first-order valence-electron chi connectivity index (χ1n) is 6.83. The Balaban J connectivity index is 3.36. The molecule has 0 bridgehead atoms. The van der Waals surface area contributed by atoms with Gasteiger partial charge in [0.05, 0.1) is 7.11 Å². The maximum absolute atomic E-state index is 5.63. The minimum Gasteiger partial charge on any atom is -0.496 e. The van der Waals surface area contributed by atoms with Gasteiger partial charge in [-0.3, -0.25) is 0 Å². The lowest BCUT2D eigenvalue weighted by molar-refractivity contribution is 0.405. The van der Waals surface area contributed by atoms with E-state index in [-0.39, 0.29) is 0 Å². The third kappa shape index (κ3) is 4.27. The Morgan fingerprint density at radius 2 is 1.47 bits per heavy atom. The van der Waals surface area contributed by atoms with E-state index in [0.717, 1.165) is 29.7 Å². The Labute approximate surface area is 118 Å². The van der Waals surface area contributed by atoms with Gasteiger partial charge in [-0.25, -0.2) is 0 Å². The van der Waals surface area contributed by atoms with Gasteiger partial charge >= 0.3 is 0 Å². The van der Waals surface area contributed by atoms with Crippen molar-refractivity contribution in [1.29, 1.82) is 0 Å². The number of rotatable bonds is 6. The number of hydrogen-bond donors (Lipinski definition) is 0. The monoisotopic (exact) mass is 258 g/mol. The van der Waals surface area contributed by atoms with Crippen molar-refractivity contribution in [2.75, 3.05) is 7.11 Å². The molecule has 1 aromatic rings. The zero-order valence-corrected chi connectivity index (χ0v) is 13.0. The largest absolute Gasteiger partial charge is 0.496 e. The van der Waals surface area contributed by atoms with E-state index in [4.69, 9.17) is 4.74 Å². The highest BCUT2D eigenvalue weighted by molar-refractivity contribution is 5.48. The summed E-state index contributed by atoms with van der Waals surface area (Å²) in [4.78, 5) is 0. The molecular weight excluding hydrogens is 232 g/mol. The van der Waals surface area contributed by atoms with Crippen molar-refractivity contribution in [3.8, 4) is 5.75 Å². The predicted octanol–water partition coefficient (Wildman–Crippen LogP) is 5.06. The highest BCUT2D eigenvalue weighted by Crippen LogP contribution is 2.32. The average molecular weight is 258 g/mol. The van der Waals surface area contributed by atoms with Crippen molar-refractivity contribution in [3.05, 3.63) is 53.1 Å². The Morgan fingerprint density at radius 3 is 1.74 bits per heavy atom. The molecule has 0 heterocycles. The van der Waals surface area contributed by atoms with Crippen LogP contribution in [0.25, 0.3) is 0 Å². The lowest BCUT2D eigenvalue weighted by Gasteiger charge is -2.18. The first-order chi connectivity index (χ1) is 8.85. The number of allylic oxidation sites excluding steroid dienone is 2. The molecule has 0 saturated heterocycles. The molecule has 0 saturated carbocycles. The molecule has 104 valence electrons. The van der Waals surface area contributed by atoms with Crippen LogP contribution >= 0.6 is 0 Å². The summed E-state index contributed by atoms with van der Waals surface area (Å²) >= 11 is 0. The van der Waals surface area contributed by atoms with E-state index in [1.165, 1.54) is 16.7 Å². The van der Waals surface area contributed by atoms with Crippen molar-refractivity contribution >= 4 is 0 Å². The van der Waals surface area contributed by atoms with Crippen molar-refractivity contribution in [2.24, 2.45) is 0 Å². The molecule has 0 aliphatic heterocycles. The molecule has 0 N–H and O–H groups in total. The quantitative estimate of drug-likeness (QED) is 0.648. The zero-order valence-electron chi connectivity index (χ0n) is 13.0. The van der Waals surface area contributed by atoms with Crippen LogP contribution in [0.5, 0.6) is 5.75 Å². The number of benzene rings is 1. The van der Waals surface area contributed by atoms with Gasteiger partial charge in [0.15, 0.2) is 0 Å². The molecule has 0 radical (unpaired) electrons. The third-order valence-electron chi connectivity index (χ3n) is 3.12. The highest BCUT2D eigenvalue weighted by atomic mass is 16.5. The summed E-state index contributed by atoms with van der Waals surface area (Å²) in [5, 5.41) is 0. The number of methoxy groups -OCH3 is 1. The fourth-order valence-electron chi connectivity index (χ4n) is 2.29. The van der Waals surface area contributed by atoms with Crippen LogP contribution in [0.2, 0.25) is 0 Å². The maximum Gasteiger partial charge on any atom is 0.125 e. The van der Waals surface area contributed by atoms with Crippen LogP contribution in [0.4, 0.5) is 0 Å². The maximum atomic E-state index is 5.63. The van der Waals surface area contributed by atoms with Gasteiger partial charge in [0.1, 0.15) is 5.75 Å². The van der Waals surface area contributed by atoms with Crippen LogP contribution in [0, 0.1) is 0 Å². The summed E-state index contributed by atoms with van der Waals surface area (Å²) in [5.74, 6) is 1.51. The van der Waals surface area contributed by atoms with Crippen molar-refractivity contribution in [3.63, 3.8) is 0 Å². The van der Waals surface area contributed by atoms with Gasteiger partial charge in [-0.15, -0.1) is 0 Å². The van der Waals surface area contributed by atoms with Gasteiger partial charge in [-0.1, -0.05) is 50.3 Å². The minimum absolute atomic E-state index is 0.513. The highest BCUT2D eigenvalue weighted by Gasteiger charge is 2.13. The fraction of sp³-hybridized carbons (Fsp3) is 0.444. The van der Waals surface area contributed by atoms with Crippen LogP contribution in [0.15, 0.2) is 36.4 Å². The lowest BCUT2D eigenvalue weighted by atomic mass is 9.92. The van der Waals surface area contributed by atoms with E-state index in [1.54, 1.807) is 7.11 Å². The van der Waals surface area contributed by atoms with E-state index in [1.807, 2.05) is 0 Å². The molecule has 0 aromatic heterocycles. The molecule has 0 unspecified atom stereocenters. The average Bonchev–Trinajstić information content (AvgIpc) is 2.26. The molecule has 1 rings (SSSR count). The van der Waals surface area contributed by atoms with Crippen LogP contribution in [-0.2, 0) is 12.8 Å². The summed E-state index contributed by atoms with van der Waals surface area (Å²) in [7, 11) is 1.74. The second kappa shape index (κ2) is 6.60. The third-order valence-corrected chi connectivity index (χ3v) is 3.12. The molecule has 0 atom stereocenters. The van der Waals surface area contributed by atoms with Gasteiger partial charge in [0, 0.05) is 0 Å². The first kappa shape index (κ1) is 15.6. The Kier molecular flexibility index (Phi) is 5.41. The summed E-state index contributed by atoms with van der Waals surface area (Å²) < 4.78 is 5.63. The summed E-state index contributed by atoms with van der Waals surface area (Å²) in [6, 6.07) is 4.50. The fourth-order valence-corrected chi connectivity index (χ4v) is 2.29. The topological polar surface area (TPSA) is 9.23 Å². The summed E-state index contributed by atoms with van der Waals surface area (Å²) in [6.07, 6.45) is 1.74. The van der Waals surface area contributed by atoms with Gasteiger partial charge in [-0.05, 0) is 49.3 Å². The Bertz CT molecular complexity index is 443. The Hall–Kier alpha value is -1.50.